The average Bonchev–Trinajstić information content (AvgIpc) is 2.17. The number of anilines is 2. The van der Waals surface area contributed by atoms with Gasteiger partial charge >= 0.3 is 0 Å². The Morgan fingerprint density at radius 3 is 2.60 bits per heavy atom. The molecule has 0 aliphatic carbocycles. The van der Waals surface area contributed by atoms with Crippen LogP contribution in [0.3, 0.4) is 0 Å². The molecule has 0 amide bonds. The molecule has 1 aliphatic rings. The van der Waals surface area contributed by atoms with Gasteiger partial charge in [0.1, 0.15) is 5.82 Å². The van der Waals surface area contributed by atoms with E-state index in [-0.39, 0.29) is 0 Å². The number of nitrogens with zero attached hydrogens (tertiary/aromatic N) is 3. The van der Waals surface area contributed by atoms with Gasteiger partial charge in [0.25, 0.3) is 0 Å². The molecule has 2 heterocycles. The van der Waals surface area contributed by atoms with Crippen molar-refractivity contribution in [1.82, 2.24) is 9.97 Å². The molecule has 15 heavy (non-hydrogen) atoms. The molecule has 2 rings (SSSR count). The summed E-state index contributed by atoms with van der Waals surface area (Å²) in [4.78, 5) is 10.5. The van der Waals surface area contributed by atoms with Crippen molar-refractivity contribution in [3.8, 4) is 0 Å². The first-order valence-corrected chi connectivity index (χ1v) is 5.27. The SMILES string of the molecule is Cc1cc(N2CCC(N)CC2)nc(N)n1. The van der Waals surface area contributed by atoms with E-state index in [1.54, 1.807) is 0 Å². The first-order valence-electron chi connectivity index (χ1n) is 5.27. The van der Waals surface area contributed by atoms with Gasteiger partial charge in [-0.2, -0.15) is 4.98 Å². The van der Waals surface area contributed by atoms with E-state index < -0.39 is 0 Å². The highest BCUT2D eigenvalue weighted by atomic mass is 15.2. The van der Waals surface area contributed by atoms with Gasteiger partial charge in [0.15, 0.2) is 0 Å². The molecule has 1 aromatic heterocycles. The quantitative estimate of drug-likeness (QED) is 0.692. The van der Waals surface area contributed by atoms with Crippen molar-refractivity contribution < 1.29 is 0 Å². The van der Waals surface area contributed by atoms with Crippen LogP contribution < -0.4 is 16.4 Å². The van der Waals surface area contributed by atoms with Crippen LogP contribution in [0.4, 0.5) is 11.8 Å². The molecule has 1 aromatic rings. The normalized spacial score (nSPS) is 18.1. The molecule has 0 unspecified atom stereocenters. The number of rotatable bonds is 1. The fraction of sp³-hybridized carbons (Fsp3) is 0.600. The zero-order valence-electron chi connectivity index (χ0n) is 8.98. The van der Waals surface area contributed by atoms with Crippen LogP contribution in [0.25, 0.3) is 0 Å². The van der Waals surface area contributed by atoms with Crippen molar-refractivity contribution in [3.05, 3.63) is 11.8 Å². The Morgan fingerprint density at radius 2 is 2.00 bits per heavy atom. The molecule has 0 atom stereocenters. The Bertz CT molecular complexity index is 323. The molecule has 4 N–H and O–H groups in total. The van der Waals surface area contributed by atoms with Gasteiger partial charge in [0, 0.05) is 30.9 Å². The van der Waals surface area contributed by atoms with Crippen molar-refractivity contribution >= 4 is 11.8 Å². The van der Waals surface area contributed by atoms with E-state index in [1.165, 1.54) is 0 Å². The highest BCUT2D eigenvalue weighted by Crippen LogP contribution is 2.18. The van der Waals surface area contributed by atoms with E-state index >= 15 is 0 Å². The maximum atomic E-state index is 5.85. The number of piperidine rings is 1. The van der Waals surface area contributed by atoms with E-state index in [2.05, 4.69) is 14.9 Å². The van der Waals surface area contributed by atoms with Crippen molar-refractivity contribution in [2.45, 2.75) is 25.8 Å². The standard InChI is InChI=1S/C10H17N5/c1-7-6-9(14-10(12)13-7)15-4-2-8(11)3-5-15/h6,8H,2-5,11H2,1H3,(H2,12,13,14). The Morgan fingerprint density at radius 1 is 1.33 bits per heavy atom. The van der Waals surface area contributed by atoms with Crippen LogP contribution in [0.2, 0.25) is 0 Å². The predicted molar refractivity (Wildman–Crippen MR) is 60.6 cm³/mol. The minimum Gasteiger partial charge on any atom is -0.368 e. The van der Waals surface area contributed by atoms with E-state index in [1.807, 2.05) is 13.0 Å². The van der Waals surface area contributed by atoms with Crippen molar-refractivity contribution in [2.24, 2.45) is 5.73 Å². The Balaban J connectivity index is 2.15. The molecule has 0 bridgehead atoms. The van der Waals surface area contributed by atoms with E-state index in [0.29, 0.717) is 12.0 Å². The first kappa shape index (κ1) is 10.2. The third-order valence-electron chi connectivity index (χ3n) is 2.72. The summed E-state index contributed by atoms with van der Waals surface area (Å²) >= 11 is 0. The zero-order valence-corrected chi connectivity index (χ0v) is 8.98. The molecule has 82 valence electrons. The van der Waals surface area contributed by atoms with Crippen LogP contribution in [0.15, 0.2) is 6.07 Å². The van der Waals surface area contributed by atoms with Crippen LogP contribution in [0.5, 0.6) is 0 Å². The fourth-order valence-corrected chi connectivity index (χ4v) is 1.86. The number of hydrogen-bond donors (Lipinski definition) is 2. The zero-order chi connectivity index (χ0) is 10.8. The number of nitrogens with two attached hydrogens (primary N) is 2. The van der Waals surface area contributed by atoms with Crippen LogP contribution in [-0.4, -0.2) is 29.1 Å². The molecule has 0 radical (unpaired) electrons. The fourth-order valence-electron chi connectivity index (χ4n) is 1.86. The second kappa shape index (κ2) is 4.02. The van der Waals surface area contributed by atoms with Gasteiger partial charge in [-0.3, -0.25) is 0 Å². The Hall–Kier alpha value is -1.36. The smallest absolute Gasteiger partial charge is 0.222 e. The molecule has 1 saturated heterocycles. The Labute approximate surface area is 89.5 Å². The molecule has 5 nitrogen and oxygen atoms in total. The molecule has 1 aliphatic heterocycles. The van der Waals surface area contributed by atoms with Crippen LogP contribution in [-0.2, 0) is 0 Å². The lowest BCUT2D eigenvalue weighted by molar-refractivity contribution is 0.498. The number of aromatic nitrogens is 2. The van der Waals surface area contributed by atoms with Crippen LogP contribution in [0.1, 0.15) is 18.5 Å². The summed E-state index contributed by atoms with van der Waals surface area (Å²) in [5, 5.41) is 0. The lowest BCUT2D eigenvalue weighted by Crippen LogP contribution is -2.40. The average molecular weight is 207 g/mol. The van der Waals surface area contributed by atoms with Gasteiger partial charge in [-0.05, 0) is 19.8 Å². The second-order valence-electron chi connectivity index (χ2n) is 4.05. The van der Waals surface area contributed by atoms with E-state index in [4.69, 9.17) is 11.5 Å². The van der Waals surface area contributed by atoms with E-state index in [0.717, 1.165) is 37.4 Å². The van der Waals surface area contributed by atoms with Gasteiger partial charge in [-0.15, -0.1) is 0 Å². The maximum absolute atomic E-state index is 5.85. The van der Waals surface area contributed by atoms with Crippen molar-refractivity contribution in [1.29, 1.82) is 0 Å². The maximum Gasteiger partial charge on any atom is 0.222 e. The number of nitrogen functional groups attached to an aromatic ring is 1. The molecule has 0 spiro atoms. The Kier molecular flexibility index (Phi) is 2.73. The van der Waals surface area contributed by atoms with Gasteiger partial charge < -0.3 is 16.4 Å². The van der Waals surface area contributed by atoms with Crippen LogP contribution in [0, 0.1) is 6.92 Å². The summed E-state index contributed by atoms with van der Waals surface area (Å²) in [6.07, 6.45) is 2.03. The summed E-state index contributed by atoms with van der Waals surface area (Å²) in [6, 6.07) is 2.30. The van der Waals surface area contributed by atoms with Crippen molar-refractivity contribution in [3.63, 3.8) is 0 Å². The largest absolute Gasteiger partial charge is 0.368 e. The lowest BCUT2D eigenvalue weighted by atomic mass is 10.1. The summed E-state index contributed by atoms with van der Waals surface area (Å²) in [6.45, 7) is 3.84. The third-order valence-corrected chi connectivity index (χ3v) is 2.72. The van der Waals surface area contributed by atoms with Gasteiger partial charge in [0.2, 0.25) is 5.95 Å². The van der Waals surface area contributed by atoms with Crippen molar-refractivity contribution in [2.75, 3.05) is 23.7 Å². The molecule has 5 heteroatoms. The molecule has 0 saturated carbocycles. The topological polar surface area (TPSA) is 81.1 Å². The van der Waals surface area contributed by atoms with Gasteiger partial charge in [-0.25, -0.2) is 4.98 Å². The van der Waals surface area contributed by atoms with E-state index in [9.17, 15) is 0 Å². The minimum absolute atomic E-state index is 0.335. The molecular formula is C10H17N5. The second-order valence-corrected chi connectivity index (χ2v) is 4.05. The molecule has 1 fully saturated rings. The van der Waals surface area contributed by atoms with Crippen LogP contribution >= 0.6 is 0 Å². The van der Waals surface area contributed by atoms with Gasteiger partial charge in [0.05, 0.1) is 0 Å². The third kappa shape index (κ3) is 2.36. The number of aryl methyl sites for hydroxylation is 1. The first-order chi connectivity index (χ1) is 7.15. The minimum atomic E-state index is 0.335. The predicted octanol–water partition coefficient (Wildman–Crippen LogP) is 0.295. The number of hydrogen-bond acceptors (Lipinski definition) is 5. The molecular weight excluding hydrogens is 190 g/mol. The monoisotopic (exact) mass is 207 g/mol. The van der Waals surface area contributed by atoms with Gasteiger partial charge in [-0.1, -0.05) is 0 Å². The molecule has 0 aromatic carbocycles. The lowest BCUT2D eigenvalue weighted by Gasteiger charge is -2.31. The summed E-state index contributed by atoms with van der Waals surface area (Å²) in [5.41, 5.74) is 12.4. The summed E-state index contributed by atoms with van der Waals surface area (Å²) in [5.74, 6) is 1.27. The summed E-state index contributed by atoms with van der Waals surface area (Å²) < 4.78 is 0. The highest BCUT2D eigenvalue weighted by Gasteiger charge is 2.17. The summed E-state index contributed by atoms with van der Waals surface area (Å²) in [7, 11) is 0. The highest BCUT2D eigenvalue weighted by molar-refractivity contribution is 5.43.